The number of carbonyl (C=O) groups is 1. The Labute approximate surface area is 77.3 Å². The minimum absolute atomic E-state index is 0.0680. The summed E-state index contributed by atoms with van der Waals surface area (Å²) >= 11 is 1.22. The van der Waals surface area contributed by atoms with Crippen molar-refractivity contribution in [2.24, 2.45) is 0 Å². The second kappa shape index (κ2) is 3.95. The molecule has 0 atom stereocenters. The van der Waals surface area contributed by atoms with E-state index in [9.17, 15) is 4.79 Å². The van der Waals surface area contributed by atoms with Crippen LogP contribution in [0.15, 0.2) is 0 Å². The minimum atomic E-state index is -0.385. The lowest BCUT2D eigenvalue weighted by Gasteiger charge is -2.28. The van der Waals surface area contributed by atoms with Crippen molar-refractivity contribution >= 4 is 16.9 Å². The molecule has 0 amide bonds. The van der Waals surface area contributed by atoms with E-state index in [-0.39, 0.29) is 9.86 Å². The van der Waals surface area contributed by atoms with E-state index in [2.05, 4.69) is 6.07 Å². The van der Waals surface area contributed by atoms with Crippen LogP contribution in [0.1, 0.15) is 39.0 Å². The van der Waals surface area contributed by atoms with Gasteiger partial charge in [0.25, 0.3) is 0 Å². The predicted molar refractivity (Wildman–Crippen MR) is 49.7 cm³/mol. The van der Waals surface area contributed by atoms with E-state index in [1.165, 1.54) is 18.2 Å². The van der Waals surface area contributed by atoms with Crippen LogP contribution < -0.4 is 0 Å². The van der Waals surface area contributed by atoms with Crippen LogP contribution in [0.5, 0.6) is 0 Å². The van der Waals surface area contributed by atoms with Crippen LogP contribution in [0.4, 0.5) is 0 Å². The number of hydrogen-bond acceptors (Lipinski definition) is 3. The van der Waals surface area contributed by atoms with Crippen LogP contribution in [0.2, 0.25) is 0 Å². The van der Waals surface area contributed by atoms with E-state index in [0.29, 0.717) is 0 Å². The van der Waals surface area contributed by atoms with Gasteiger partial charge >= 0.3 is 0 Å². The molecule has 12 heavy (non-hydrogen) atoms. The highest BCUT2D eigenvalue weighted by molar-refractivity contribution is 8.14. The fourth-order valence-corrected chi connectivity index (χ4v) is 2.72. The number of thioether (sulfide) groups is 1. The Morgan fingerprint density at radius 3 is 2.42 bits per heavy atom. The zero-order valence-corrected chi connectivity index (χ0v) is 8.12. The third-order valence-corrected chi connectivity index (χ3v) is 3.38. The first kappa shape index (κ1) is 9.60. The Hall–Kier alpha value is -0.490. The molecule has 1 fully saturated rings. The lowest BCUT2D eigenvalue weighted by atomic mass is 9.89. The standard InChI is InChI=1S/C9H13NOS/c1-8(11)12-9(7-10)5-3-2-4-6-9/h2-6H2,1H3. The van der Waals surface area contributed by atoms with Gasteiger partial charge in [-0.05, 0) is 12.8 Å². The van der Waals surface area contributed by atoms with E-state index in [4.69, 9.17) is 5.26 Å². The van der Waals surface area contributed by atoms with Gasteiger partial charge in [-0.3, -0.25) is 4.79 Å². The van der Waals surface area contributed by atoms with Gasteiger partial charge in [-0.1, -0.05) is 31.0 Å². The summed E-state index contributed by atoms with van der Waals surface area (Å²) in [4.78, 5) is 10.9. The third kappa shape index (κ3) is 2.25. The summed E-state index contributed by atoms with van der Waals surface area (Å²) in [7, 11) is 0. The Kier molecular flexibility index (Phi) is 3.16. The summed E-state index contributed by atoms with van der Waals surface area (Å²) < 4.78 is -0.385. The van der Waals surface area contributed by atoms with Gasteiger partial charge in [-0.25, -0.2) is 0 Å². The van der Waals surface area contributed by atoms with Gasteiger partial charge in [0, 0.05) is 6.92 Å². The van der Waals surface area contributed by atoms with Gasteiger partial charge < -0.3 is 0 Å². The fourth-order valence-electron chi connectivity index (χ4n) is 1.63. The van der Waals surface area contributed by atoms with Crippen molar-refractivity contribution in [1.29, 1.82) is 5.26 Å². The zero-order chi connectivity index (χ0) is 9.03. The van der Waals surface area contributed by atoms with E-state index in [0.717, 1.165) is 25.7 Å². The molecule has 0 aliphatic heterocycles. The average Bonchev–Trinajstić information content (AvgIpc) is 2.05. The Morgan fingerprint density at radius 1 is 1.42 bits per heavy atom. The summed E-state index contributed by atoms with van der Waals surface area (Å²) in [6.45, 7) is 1.54. The van der Waals surface area contributed by atoms with Crippen molar-refractivity contribution in [3.05, 3.63) is 0 Å². The van der Waals surface area contributed by atoms with E-state index in [1.54, 1.807) is 6.92 Å². The normalized spacial score (nSPS) is 21.3. The van der Waals surface area contributed by atoms with Crippen molar-refractivity contribution in [3.8, 4) is 6.07 Å². The van der Waals surface area contributed by atoms with Crippen molar-refractivity contribution in [1.82, 2.24) is 0 Å². The second-order valence-electron chi connectivity index (χ2n) is 3.26. The molecule has 0 aromatic rings. The molecular weight excluding hydrogens is 170 g/mol. The molecule has 1 aliphatic carbocycles. The lowest BCUT2D eigenvalue weighted by molar-refractivity contribution is -0.109. The Bertz CT molecular complexity index is 213. The van der Waals surface area contributed by atoms with Crippen molar-refractivity contribution in [2.45, 2.75) is 43.8 Å². The van der Waals surface area contributed by atoms with Gasteiger partial charge in [0.1, 0.15) is 4.75 Å². The fraction of sp³-hybridized carbons (Fsp3) is 0.778. The summed E-state index contributed by atoms with van der Waals surface area (Å²) in [5.41, 5.74) is 0. The Balaban J connectivity index is 2.61. The molecule has 0 spiro atoms. The van der Waals surface area contributed by atoms with Gasteiger partial charge in [-0.2, -0.15) is 5.26 Å². The molecule has 0 aromatic carbocycles. The third-order valence-electron chi connectivity index (χ3n) is 2.20. The largest absolute Gasteiger partial charge is 0.287 e. The molecule has 1 saturated carbocycles. The molecule has 1 aliphatic rings. The zero-order valence-electron chi connectivity index (χ0n) is 7.30. The molecule has 0 radical (unpaired) electrons. The summed E-state index contributed by atoms with van der Waals surface area (Å²) in [6.07, 6.45) is 5.16. The lowest BCUT2D eigenvalue weighted by Crippen LogP contribution is -2.26. The summed E-state index contributed by atoms with van der Waals surface area (Å²) in [5, 5.41) is 9.04. The van der Waals surface area contributed by atoms with Gasteiger partial charge in [-0.15, -0.1) is 0 Å². The number of hydrogen-bond donors (Lipinski definition) is 0. The highest BCUT2D eigenvalue weighted by atomic mass is 32.2. The first-order valence-electron chi connectivity index (χ1n) is 4.29. The van der Waals surface area contributed by atoms with E-state index < -0.39 is 0 Å². The molecule has 0 unspecified atom stereocenters. The van der Waals surface area contributed by atoms with Crippen LogP contribution in [0, 0.1) is 11.3 Å². The van der Waals surface area contributed by atoms with Crippen molar-refractivity contribution in [2.75, 3.05) is 0 Å². The molecule has 3 heteroatoms. The van der Waals surface area contributed by atoms with Crippen molar-refractivity contribution in [3.63, 3.8) is 0 Å². The quantitative estimate of drug-likeness (QED) is 0.627. The van der Waals surface area contributed by atoms with E-state index in [1.807, 2.05) is 0 Å². The molecular formula is C9H13NOS. The Morgan fingerprint density at radius 2 is 2.00 bits per heavy atom. The van der Waals surface area contributed by atoms with Crippen LogP contribution in [0.3, 0.4) is 0 Å². The van der Waals surface area contributed by atoms with Crippen molar-refractivity contribution < 1.29 is 4.79 Å². The van der Waals surface area contributed by atoms with Crippen LogP contribution in [0.25, 0.3) is 0 Å². The van der Waals surface area contributed by atoms with E-state index >= 15 is 0 Å². The average molecular weight is 183 g/mol. The highest BCUT2D eigenvalue weighted by Gasteiger charge is 2.34. The number of carbonyl (C=O) groups excluding carboxylic acids is 1. The molecule has 0 bridgehead atoms. The predicted octanol–water partition coefficient (Wildman–Crippen LogP) is 2.49. The number of nitriles is 1. The van der Waals surface area contributed by atoms with Crippen LogP contribution in [-0.2, 0) is 4.79 Å². The number of rotatable bonds is 1. The molecule has 1 rings (SSSR count). The maximum atomic E-state index is 10.9. The first-order valence-corrected chi connectivity index (χ1v) is 5.11. The molecule has 0 N–H and O–H groups in total. The summed E-state index contributed by atoms with van der Waals surface area (Å²) in [6, 6.07) is 2.29. The molecule has 0 heterocycles. The summed E-state index contributed by atoms with van der Waals surface area (Å²) in [5.74, 6) is 0. The van der Waals surface area contributed by atoms with Gasteiger partial charge in [0.05, 0.1) is 6.07 Å². The molecule has 0 saturated heterocycles. The topological polar surface area (TPSA) is 40.9 Å². The smallest absolute Gasteiger partial charge is 0.187 e. The van der Waals surface area contributed by atoms with Crippen LogP contribution >= 0.6 is 11.8 Å². The van der Waals surface area contributed by atoms with Crippen LogP contribution in [-0.4, -0.2) is 9.86 Å². The number of nitrogens with zero attached hydrogens (tertiary/aromatic N) is 1. The SMILES string of the molecule is CC(=O)SC1(C#N)CCCCC1. The molecule has 0 aromatic heterocycles. The minimum Gasteiger partial charge on any atom is -0.287 e. The van der Waals surface area contributed by atoms with Gasteiger partial charge in [0.2, 0.25) is 0 Å². The first-order chi connectivity index (χ1) is 5.68. The molecule has 66 valence electrons. The van der Waals surface area contributed by atoms with Gasteiger partial charge in [0.15, 0.2) is 5.12 Å². The second-order valence-corrected chi connectivity index (χ2v) is 4.82. The maximum Gasteiger partial charge on any atom is 0.187 e. The maximum absolute atomic E-state index is 10.9. The molecule has 2 nitrogen and oxygen atoms in total. The highest BCUT2D eigenvalue weighted by Crippen LogP contribution is 2.39. The monoisotopic (exact) mass is 183 g/mol.